The van der Waals surface area contributed by atoms with E-state index in [4.69, 9.17) is 23.2 Å². The van der Waals surface area contributed by atoms with Crippen molar-refractivity contribution in [3.63, 3.8) is 0 Å². The maximum atomic E-state index is 6.06. The van der Waals surface area contributed by atoms with E-state index >= 15 is 0 Å². The molecule has 1 aromatic rings. The molecule has 0 bridgehead atoms. The maximum absolute atomic E-state index is 6.06. The van der Waals surface area contributed by atoms with Crippen LogP contribution in [-0.4, -0.2) is 24.6 Å². The Labute approximate surface area is 111 Å². The normalized spacial score (nSPS) is 24.9. The fraction of sp³-hybridized carbons (Fsp3) is 0.500. The Balaban J connectivity index is 2.19. The van der Waals surface area contributed by atoms with Crippen LogP contribution >= 0.6 is 35.0 Å². The van der Waals surface area contributed by atoms with Crippen LogP contribution in [0.4, 0.5) is 0 Å². The maximum Gasteiger partial charge on any atom is 0.0595 e. The average Bonchev–Trinajstić information content (AvgIpc) is 2.71. The van der Waals surface area contributed by atoms with Crippen LogP contribution in [0.3, 0.4) is 0 Å². The Kier molecular flexibility index (Phi) is 4.42. The van der Waals surface area contributed by atoms with Gasteiger partial charge in [-0.2, -0.15) is 11.8 Å². The predicted molar refractivity (Wildman–Crippen MR) is 74.0 cm³/mol. The monoisotopic (exact) mass is 275 g/mol. The minimum atomic E-state index is 0.562. The Bertz CT molecular complexity index is 370. The molecule has 2 rings (SSSR count). The number of benzene rings is 1. The molecule has 1 N–H and O–H groups in total. The first-order chi connectivity index (χ1) is 7.72. The molecular weight excluding hydrogens is 261 g/mol. The Hall–Kier alpha value is 0.110. The zero-order chi connectivity index (χ0) is 11.5. The Morgan fingerprint density at radius 1 is 1.38 bits per heavy atom. The van der Waals surface area contributed by atoms with Gasteiger partial charge in [-0.3, -0.25) is 0 Å². The quantitative estimate of drug-likeness (QED) is 0.901. The Morgan fingerprint density at radius 3 is 2.88 bits per heavy atom. The lowest BCUT2D eigenvalue weighted by atomic mass is 9.93. The second-order valence-corrected chi connectivity index (χ2v) is 5.81. The molecule has 0 aromatic heterocycles. The Morgan fingerprint density at radius 2 is 2.19 bits per heavy atom. The van der Waals surface area contributed by atoms with Crippen LogP contribution in [0.25, 0.3) is 0 Å². The van der Waals surface area contributed by atoms with E-state index in [1.165, 1.54) is 12.0 Å². The van der Waals surface area contributed by atoms with Gasteiger partial charge in [0.1, 0.15) is 0 Å². The number of hydrogen-bond acceptors (Lipinski definition) is 2. The summed E-state index contributed by atoms with van der Waals surface area (Å²) in [4.78, 5) is 0. The summed E-state index contributed by atoms with van der Waals surface area (Å²) in [5.74, 6) is 1.72. The highest BCUT2D eigenvalue weighted by Crippen LogP contribution is 2.33. The van der Waals surface area contributed by atoms with Crippen LogP contribution in [0, 0.1) is 0 Å². The first kappa shape index (κ1) is 12.6. The lowest BCUT2D eigenvalue weighted by Gasteiger charge is -2.19. The van der Waals surface area contributed by atoms with Crippen molar-refractivity contribution in [2.45, 2.75) is 18.4 Å². The standard InChI is InChI=1S/C12H15Cl2NS/c1-16-7-12-9(4-5-15-12)8-2-3-10(13)11(14)6-8/h2-3,6,9,12,15H,4-5,7H2,1H3/t9?,12-/m1/s1. The van der Waals surface area contributed by atoms with E-state index in [0.29, 0.717) is 22.0 Å². The van der Waals surface area contributed by atoms with Gasteiger partial charge in [0.2, 0.25) is 0 Å². The number of halogens is 2. The third-order valence-corrected chi connectivity index (χ3v) is 4.50. The van der Waals surface area contributed by atoms with E-state index < -0.39 is 0 Å². The summed E-state index contributed by atoms with van der Waals surface area (Å²) >= 11 is 13.9. The van der Waals surface area contributed by atoms with Crippen molar-refractivity contribution in [1.29, 1.82) is 0 Å². The molecule has 1 nitrogen and oxygen atoms in total. The van der Waals surface area contributed by atoms with Gasteiger partial charge in [0.15, 0.2) is 0 Å². The zero-order valence-electron chi connectivity index (χ0n) is 9.17. The van der Waals surface area contributed by atoms with E-state index in [1.807, 2.05) is 23.9 Å². The summed E-state index contributed by atoms with van der Waals surface area (Å²) in [7, 11) is 0. The molecule has 0 radical (unpaired) electrons. The van der Waals surface area contributed by atoms with Gasteiger partial charge in [0, 0.05) is 17.7 Å². The minimum absolute atomic E-state index is 0.562. The number of rotatable bonds is 3. The molecule has 1 aromatic carbocycles. The van der Waals surface area contributed by atoms with E-state index in [9.17, 15) is 0 Å². The molecule has 88 valence electrons. The molecular formula is C12H15Cl2NS. The van der Waals surface area contributed by atoms with Crippen LogP contribution < -0.4 is 5.32 Å². The summed E-state index contributed by atoms with van der Waals surface area (Å²) in [6.45, 7) is 1.09. The first-order valence-electron chi connectivity index (χ1n) is 5.39. The third-order valence-electron chi connectivity index (χ3n) is 3.07. The van der Waals surface area contributed by atoms with Crippen molar-refractivity contribution in [3.05, 3.63) is 33.8 Å². The molecule has 2 atom stereocenters. The SMILES string of the molecule is CSC[C@H]1NCCC1c1ccc(Cl)c(Cl)c1. The van der Waals surface area contributed by atoms with Crippen LogP contribution in [-0.2, 0) is 0 Å². The zero-order valence-corrected chi connectivity index (χ0v) is 11.5. The van der Waals surface area contributed by atoms with Crippen molar-refractivity contribution < 1.29 is 0 Å². The summed E-state index contributed by atoms with van der Waals surface area (Å²) < 4.78 is 0. The van der Waals surface area contributed by atoms with Gasteiger partial charge in [-0.15, -0.1) is 0 Å². The van der Waals surface area contributed by atoms with Gasteiger partial charge in [-0.1, -0.05) is 29.3 Å². The molecule has 4 heteroatoms. The summed E-state index contributed by atoms with van der Waals surface area (Å²) in [5.41, 5.74) is 1.30. The molecule has 0 spiro atoms. The number of hydrogen-bond donors (Lipinski definition) is 1. The highest BCUT2D eigenvalue weighted by Gasteiger charge is 2.27. The average molecular weight is 276 g/mol. The fourth-order valence-corrected chi connectivity index (χ4v) is 3.28. The second kappa shape index (κ2) is 5.63. The third kappa shape index (κ3) is 2.67. The fourth-order valence-electron chi connectivity index (χ4n) is 2.26. The number of nitrogens with one attached hydrogen (secondary N) is 1. The van der Waals surface area contributed by atoms with Crippen molar-refractivity contribution in [2.24, 2.45) is 0 Å². The van der Waals surface area contributed by atoms with Gasteiger partial charge in [-0.05, 0) is 36.9 Å². The van der Waals surface area contributed by atoms with Crippen molar-refractivity contribution in [2.75, 3.05) is 18.6 Å². The lowest BCUT2D eigenvalue weighted by molar-refractivity contribution is 0.603. The highest BCUT2D eigenvalue weighted by atomic mass is 35.5. The van der Waals surface area contributed by atoms with E-state index in [0.717, 1.165) is 12.3 Å². The molecule has 1 unspecified atom stereocenters. The van der Waals surface area contributed by atoms with Gasteiger partial charge >= 0.3 is 0 Å². The van der Waals surface area contributed by atoms with Gasteiger partial charge in [0.25, 0.3) is 0 Å². The van der Waals surface area contributed by atoms with Gasteiger partial charge in [-0.25, -0.2) is 0 Å². The first-order valence-corrected chi connectivity index (χ1v) is 7.54. The van der Waals surface area contributed by atoms with Crippen molar-refractivity contribution >= 4 is 35.0 Å². The smallest absolute Gasteiger partial charge is 0.0595 e. The van der Waals surface area contributed by atoms with Crippen LogP contribution in [0.2, 0.25) is 10.0 Å². The summed E-state index contributed by atoms with van der Waals surface area (Å²) in [5, 5.41) is 4.84. The van der Waals surface area contributed by atoms with Crippen LogP contribution in [0.1, 0.15) is 17.9 Å². The van der Waals surface area contributed by atoms with Crippen LogP contribution in [0.5, 0.6) is 0 Å². The molecule has 1 aliphatic rings. The molecule has 16 heavy (non-hydrogen) atoms. The molecule has 1 aliphatic heterocycles. The molecule has 0 aliphatic carbocycles. The molecule has 1 heterocycles. The van der Waals surface area contributed by atoms with E-state index in [-0.39, 0.29) is 0 Å². The topological polar surface area (TPSA) is 12.0 Å². The summed E-state index contributed by atoms with van der Waals surface area (Å²) in [6, 6.07) is 6.56. The van der Waals surface area contributed by atoms with Crippen LogP contribution in [0.15, 0.2) is 18.2 Å². The van der Waals surface area contributed by atoms with Gasteiger partial charge in [0.05, 0.1) is 10.0 Å². The predicted octanol–water partition coefficient (Wildman–Crippen LogP) is 3.80. The second-order valence-electron chi connectivity index (χ2n) is 4.08. The lowest BCUT2D eigenvalue weighted by Crippen LogP contribution is -2.28. The molecule has 1 fully saturated rings. The molecule has 1 saturated heterocycles. The van der Waals surface area contributed by atoms with E-state index in [2.05, 4.69) is 17.6 Å². The minimum Gasteiger partial charge on any atom is -0.313 e. The largest absolute Gasteiger partial charge is 0.313 e. The molecule has 0 amide bonds. The van der Waals surface area contributed by atoms with Crippen molar-refractivity contribution in [1.82, 2.24) is 5.32 Å². The summed E-state index contributed by atoms with van der Waals surface area (Å²) in [6.07, 6.45) is 3.33. The van der Waals surface area contributed by atoms with E-state index in [1.54, 1.807) is 0 Å². The van der Waals surface area contributed by atoms with Gasteiger partial charge < -0.3 is 5.32 Å². The molecule has 0 saturated carbocycles. The van der Waals surface area contributed by atoms with Crippen molar-refractivity contribution in [3.8, 4) is 0 Å². The highest BCUT2D eigenvalue weighted by molar-refractivity contribution is 7.98. The number of thioether (sulfide) groups is 1.